The molecular weight excluding hydrogens is 248 g/mol. The van der Waals surface area contributed by atoms with Crippen molar-refractivity contribution in [3.63, 3.8) is 0 Å². The molecule has 0 saturated carbocycles. The van der Waals surface area contributed by atoms with Crippen LogP contribution in [0.5, 0.6) is 5.75 Å². The fourth-order valence-electron chi connectivity index (χ4n) is 1.51. The Kier molecular flexibility index (Phi) is 5.67. The average Bonchev–Trinajstić information content (AvgIpc) is 2.29. The lowest BCUT2D eigenvalue weighted by molar-refractivity contribution is -0.126. The first kappa shape index (κ1) is 15.0. The van der Waals surface area contributed by atoms with Crippen molar-refractivity contribution in [3.8, 4) is 5.75 Å². The van der Waals surface area contributed by atoms with Gasteiger partial charge < -0.3 is 4.74 Å². The molecule has 0 spiro atoms. The average molecular weight is 269 g/mol. The quantitative estimate of drug-likeness (QED) is 0.710. The van der Waals surface area contributed by atoms with Crippen LogP contribution in [0, 0.1) is 5.41 Å². The second kappa shape index (κ2) is 6.79. The number of unbranched alkanes of at least 4 members (excludes halogenated alkanes) is 1. The van der Waals surface area contributed by atoms with Crippen molar-refractivity contribution in [2.75, 3.05) is 6.61 Å². The third-order valence-corrected chi connectivity index (χ3v) is 3.04. The molecule has 0 aliphatic carbocycles. The summed E-state index contributed by atoms with van der Waals surface area (Å²) in [7, 11) is 0. The molecule has 1 aromatic rings. The molecule has 0 radical (unpaired) electrons. The standard InChI is InChI=1S/C15H21ClO2/c1-15(2,3)14(17)10-6-7-11-18-13-9-5-4-8-12(13)16/h4-5,8-9H,6-7,10-11H2,1-3H3. The van der Waals surface area contributed by atoms with E-state index in [-0.39, 0.29) is 5.41 Å². The Morgan fingerprint density at radius 3 is 2.50 bits per heavy atom. The van der Waals surface area contributed by atoms with Crippen molar-refractivity contribution in [1.82, 2.24) is 0 Å². The van der Waals surface area contributed by atoms with E-state index < -0.39 is 0 Å². The highest BCUT2D eigenvalue weighted by atomic mass is 35.5. The number of carbonyl (C=O) groups is 1. The molecule has 0 heterocycles. The molecule has 100 valence electrons. The number of para-hydroxylation sites is 1. The van der Waals surface area contributed by atoms with Gasteiger partial charge in [0.15, 0.2) is 0 Å². The summed E-state index contributed by atoms with van der Waals surface area (Å²) >= 11 is 5.97. The zero-order chi connectivity index (χ0) is 13.6. The van der Waals surface area contributed by atoms with Gasteiger partial charge in [0.05, 0.1) is 11.6 Å². The van der Waals surface area contributed by atoms with Crippen molar-refractivity contribution < 1.29 is 9.53 Å². The SMILES string of the molecule is CC(C)(C)C(=O)CCCCOc1ccccc1Cl. The van der Waals surface area contributed by atoms with Gasteiger partial charge in [-0.05, 0) is 25.0 Å². The van der Waals surface area contributed by atoms with E-state index in [0.29, 0.717) is 29.6 Å². The number of hydrogen-bond acceptors (Lipinski definition) is 2. The second-order valence-electron chi connectivity index (χ2n) is 5.41. The number of rotatable bonds is 6. The number of Topliss-reactive ketones (excluding diaryl/α,β-unsaturated/α-hetero) is 1. The fraction of sp³-hybridized carbons (Fsp3) is 0.533. The molecule has 0 atom stereocenters. The largest absolute Gasteiger partial charge is 0.492 e. The van der Waals surface area contributed by atoms with Gasteiger partial charge in [-0.25, -0.2) is 0 Å². The number of carbonyl (C=O) groups excluding carboxylic acids is 1. The van der Waals surface area contributed by atoms with Crippen LogP contribution in [-0.4, -0.2) is 12.4 Å². The number of ether oxygens (including phenoxy) is 1. The maximum Gasteiger partial charge on any atom is 0.138 e. The van der Waals surface area contributed by atoms with Crippen molar-refractivity contribution in [2.45, 2.75) is 40.0 Å². The molecule has 0 fully saturated rings. The molecule has 0 aliphatic rings. The van der Waals surface area contributed by atoms with E-state index in [1.807, 2.05) is 39.0 Å². The summed E-state index contributed by atoms with van der Waals surface area (Å²) in [4.78, 5) is 11.7. The summed E-state index contributed by atoms with van der Waals surface area (Å²) in [6.07, 6.45) is 2.35. The Morgan fingerprint density at radius 1 is 1.22 bits per heavy atom. The first-order valence-corrected chi connectivity index (χ1v) is 6.69. The number of benzene rings is 1. The van der Waals surface area contributed by atoms with E-state index in [9.17, 15) is 4.79 Å². The molecule has 0 saturated heterocycles. The molecule has 0 N–H and O–H groups in total. The zero-order valence-electron chi connectivity index (χ0n) is 11.3. The van der Waals surface area contributed by atoms with Crippen molar-refractivity contribution in [1.29, 1.82) is 0 Å². The minimum Gasteiger partial charge on any atom is -0.492 e. The van der Waals surface area contributed by atoms with Crippen molar-refractivity contribution >= 4 is 17.4 Å². The molecule has 2 nitrogen and oxygen atoms in total. The predicted octanol–water partition coefficient (Wildman–Crippen LogP) is 4.50. The fourth-order valence-corrected chi connectivity index (χ4v) is 1.70. The molecule has 1 aromatic carbocycles. The Morgan fingerprint density at radius 2 is 1.89 bits per heavy atom. The minimum atomic E-state index is -0.233. The van der Waals surface area contributed by atoms with Crippen LogP contribution in [0.1, 0.15) is 40.0 Å². The molecule has 0 aliphatic heterocycles. The second-order valence-corrected chi connectivity index (χ2v) is 5.82. The molecule has 1 rings (SSSR count). The number of ketones is 1. The summed E-state index contributed by atoms with van der Waals surface area (Å²) in [5.74, 6) is 1.02. The van der Waals surface area contributed by atoms with Gasteiger partial charge in [0, 0.05) is 11.8 Å². The Bertz CT molecular complexity index is 394. The highest BCUT2D eigenvalue weighted by Crippen LogP contribution is 2.23. The van der Waals surface area contributed by atoms with E-state index in [1.54, 1.807) is 6.07 Å². The zero-order valence-corrected chi connectivity index (χ0v) is 12.1. The topological polar surface area (TPSA) is 26.3 Å². The Balaban J connectivity index is 2.20. The molecule has 0 amide bonds. The van der Waals surface area contributed by atoms with Crippen LogP contribution >= 0.6 is 11.6 Å². The molecule has 0 aromatic heterocycles. The van der Waals surface area contributed by atoms with Crippen LogP contribution < -0.4 is 4.74 Å². The van der Waals surface area contributed by atoms with E-state index in [1.165, 1.54) is 0 Å². The normalized spacial score (nSPS) is 11.3. The van der Waals surface area contributed by atoms with Crippen LogP contribution in [0.25, 0.3) is 0 Å². The van der Waals surface area contributed by atoms with Gasteiger partial charge in [0.1, 0.15) is 11.5 Å². The molecule has 3 heteroatoms. The van der Waals surface area contributed by atoms with Crippen LogP contribution in [0.4, 0.5) is 0 Å². The number of hydrogen-bond donors (Lipinski definition) is 0. The summed E-state index contributed by atoms with van der Waals surface area (Å²) in [5, 5.41) is 0.628. The van der Waals surface area contributed by atoms with Crippen molar-refractivity contribution in [2.24, 2.45) is 5.41 Å². The van der Waals surface area contributed by atoms with Gasteiger partial charge in [0.2, 0.25) is 0 Å². The molecular formula is C15H21ClO2. The van der Waals surface area contributed by atoms with Gasteiger partial charge in [-0.2, -0.15) is 0 Å². The molecule has 18 heavy (non-hydrogen) atoms. The lowest BCUT2D eigenvalue weighted by Gasteiger charge is -2.16. The van der Waals surface area contributed by atoms with E-state index in [2.05, 4.69) is 0 Å². The summed E-state index contributed by atoms with van der Waals surface area (Å²) < 4.78 is 5.56. The maximum atomic E-state index is 11.7. The maximum absolute atomic E-state index is 11.7. The van der Waals surface area contributed by atoms with E-state index in [4.69, 9.17) is 16.3 Å². The Labute approximate surface area is 114 Å². The lowest BCUT2D eigenvalue weighted by atomic mass is 9.88. The third-order valence-electron chi connectivity index (χ3n) is 2.73. The van der Waals surface area contributed by atoms with Gasteiger partial charge in [-0.3, -0.25) is 4.79 Å². The van der Waals surface area contributed by atoms with Gasteiger partial charge in [-0.15, -0.1) is 0 Å². The first-order valence-electron chi connectivity index (χ1n) is 6.32. The van der Waals surface area contributed by atoms with Crippen LogP contribution in [0.2, 0.25) is 5.02 Å². The third kappa shape index (κ3) is 5.09. The lowest BCUT2D eigenvalue weighted by Crippen LogP contribution is -2.19. The first-order chi connectivity index (χ1) is 8.41. The Hall–Kier alpha value is -1.02. The number of halogens is 1. The van der Waals surface area contributed by atoms with Crippen LogP contribution in [0.3, 0.4) is 0 Å². The summed E-state index contributed by atoms with van der Waals surface area (Å²) in [5.41, 5.74) is -0.233. The smallest absolute Gasteiger partial charge is 0.138 e. The van der Waals surface area contributed by atoms with E-state index >= 15 is 0 Å². The van der Waals surface area contributed by atoms with Gasteiger partial charge >= 0.3 is 0 Å². The van der Waals surface area contributed by atoms with E-state index in [0.717, 1.165) is 12.8 Å². The minimum absolute atomic E-state index is 0.233. The molecule has 0 unspecified atom stereocenters. The summed E-state index contributed by atoms with van der Waals surface area (Å²) in [6.45, 7) is 6.46. The highest BCUT2D eigenvalue weighted by Gasteiger charge is 2.19. The van der Waals surface area contributed by atoms with Gasteiger partial charge in [-0.1, -0.05) is 44.5 Å². The van der Waals surface area contributed by atoms with Crippen LogP contribution in [0.15, 0.2) is 24.3 Å². The van der Waals surface area contributed by atoms with Gasteiger partial charge in [0.25, 0.3) is 0 Å². The molecule has 0 bridgehead atoms. The monoisotopic (exact) mass is 268 g/mol. The van der Waals surface area contributed by atoms with Crippen LogP contribution in [-0.2, 0) is 4.79 Å². The predicted molar refractivity (Wildman–Crippen MR) is 75.3 cm³/mol. The summed E-state index contributed by atoms with van der Waals surface area (Å²) in [6, 6.07) is 7.42. The highest BCUT2D eigenvalue weighted by molar-refractivity contribution is 6.32. The van der Waals surface area contributed by atoms with Crippen molar-refractivity contribution in [3.05, 3.63) is 29.3 Å².